The fraction of sp³-hybridized carbons (Fsp3) is 0.647. The molecule has 2 atom stereocenters. The average Bonchev–Trinajstić information content (AvgIpc) is 2.83. The number of rotatable bonds is 5. The highest BCUT2D eigenvalue weighted by molar-refractivity contribution is 5.37. The predicted molar refractivity (Wildman–Crippen MR) is 80.3 cm³/mol. The standard InChI is InChI=1S/C17H25NO2/c1-12-13(7-8-20-12)11-18-15-9-14(10-15)16-5-3-4-6-17(16)19-2/h3-6,12-15,18H,7-11H2,1-2H3. The first kappa shape index (κ1) is 13.9. The van der Waals surface area contributed by atoms with E-state index >= 15 is 0 Å². The fourth-order valence-corrected chi connectivity index (χ4v) is 3.40. The van der Waals surface area contributed by atoms with Crippen LogP contribution in [-0.2, 0) is 4.74 Å². The summed E-state index contributed by atoms with van der Waals surface area (Å²) >= 11 is 0. The molecule has 0 aromatic heterocycles. The lowest BCUT2D eigenvalue weighted by molar-refractivity contribution is 0.103. The van der Waals surface area contributed by atoms with Crippen molar-refractivity contribution in [3.63, 3.8) is 0 Å². The van der Waals surface area contributed by atoms with Crippen molar-refractivity contribution < 1.29 is 9.47 Å². The van der Waals surface area contributed by atoms with Gasteiger partial charge in [0.15, 0.2) is 0 Å². The number of benzene rings is 1. The lowest BCUT2D eigenvalue weighted by Gasteiger charge is -2.37. The minimum Gasteiger partial charge on any atom is -0.496 e. The third-order valence-electron chi connectivity index (χ3n) is 4.92. The van der Waals surface area contributed by atoms with Crippen LogP contribution in [0.1, 0.15) is 37.7 Å². The molecule has 1 N–H and O–H groups in total. The van der Waals surface area contributed by atoms with Gasteiger partial charge in [-0.05, 0) is 49.7 Å². The highest BCUT2D eigenvalue weighted by Gasteiger charge is 2.33. The van der Waals surface area contributed by atoms with Crippen molar-refractivity contribution in [3.8, 4) is 5.75 Å². The Bertz CT molecular complexity index is 442. The maximum Gasteiger partial charge on any atom is 0.122 e. The predicted octanol–water partition coefficient (Wildman–Crippen LogP) is 2.96. The van der Waals surface area contributed by atoms with Crippen LogP contribution in [0.2, 0.25) is 0 Å². The summed E-state index contributed by atoms with van der Waals surface area (Å²) < 4.78 is 11.1. The Morgan fingerprint density at radius 3 is 2.80 bits per heavy atom. The molecule has 2 fully saturated rings. The van der Waals surface area contributed by atoms with E-state index < -0.39 is 0 Å². The largest absolute Gasteiger partial charge is 0.496 e. The Hall–Kier alpha value is -1.06. The summed E-state index contributed by atoms with van der Waals surface area (Å²) in [6, 6.07) is 9.08. The zero-order valence-electron chi connectivity index (χ0n) is 12.5. The van der Waals surface area contributed by atoms with Gasteiger partial charge < -0.3 is 14.8 Å². The first-order valence-electron chi connectivity index (χ1n) is 7.76. The van der Waals surface area contributed by atoms with Crippen LogP contribution in [0.4, 0.5) is 0 Å². The molecule has 1 saturated carbocycles. The highest BCUT2D eigenvalue weighted by atomic mass is 16.5. The van der Waals surface area contributed by atoms with E-state index in [9.17, 15) is 0 Å². The van der Waals surface area contributed by atoms with Gasteiger partial charge in [0.1, 0.15) is 5.75 Å². The van der Waals surface area contributed by atoms with E-state index in [0.717, 1.165) is 18.9 Å². The van der Waals surface area contributed by atoms with Gasteiger partial charge in [-0.2, -0.15) is 0 Å². The molecular formula is C17H25NO2. The van der Waals surface area contributed by atoms with Gasteiger partial charge in [0.25, 0.3) is 0 Å². The van der Waals surface area contributed by atoms with Gasteiger partial charge in [-0.3, -0.25) is 0 Å². The summed E-state index contributed by atoms with van der Waals surface area (Å²) in [7, 11) is 1.76. The summed E-state index contributed by atoms with van der Waals surface area (Å²) in [6.07, 6.45) is 4.08. The second kappa shape index (κ2) is 6.15. The molecule has 20 heavy (non-hydrogen) atoms. The Kier molecular flexibility index (Phi) is 4.27. The van der Waals surface area contributed by atoms with Gasteiger partial charge in [-0.15, -0.1) is 0 Å². The molecule has 1 aromatic carbocycles. The van der Waals surface area contributed by atoms with Gasteiger partial charge in [0.05, 0.1) is 13.2 Å². The molecular weight excluding hydrogens is 250 g/mol. The van der Waals surface area contributed by atoms with Crippen LogP contribution >= 0.6 is 0 Å². The molecule has 1 heterocycles. The van der Waals surface area contributed by atoms with Crippen molar-refractivity contribution in [1.82, 2.24) is 5.32 Å². The number of para-hydroxylation sites is 1. The van der Waals surface area contributed by atoms with Crippen molar-refractivity contribution in [2.24, 2.45) is 5.92 Å². The third kappa shape index (κ3) is 2.84. The molecule has 2 unspecified atom stereocenters. The minimum absolute atomic E-state index is 0.424. The van der Waals surface area contributed by atoms with E-state index in [0.29, 0.717) is 24.0 Å². The Balaban J connectivity index is 1.46. The van der Waals surface area contributed by atoms with Gasteiger partial charge in [0, 0.05) is 19.2 Å². The second-order valence-corrected chi connectivity index (χ2v) is 6.14. The topological polar surface area (TPSA) is 30.5 Å². The molecule has 0 bridgehead atoms. The Morgan fingerprint density at radius 2 is 2.10 bits per heavy atom. The molecule has 3 rings (SSSR count). The average molecular weight is 275 g/mol. The van der Waals surface area contributed by atoms with Gasteiger partial charge >= 0.3 is 0 Å². The third-order valence-corrected chi connectivity index (χ3v) is 4.92. The molecule has 110 valence electrons. The minimum atomic E-state index is 0.424. The molecule has 0 spiro atoms. The number of methoxy groups -OCH3 is 1. The zero-order chi connectivity index (χ0) is 13.9. The molecule has 0 amide bonds. The fourth-order valence-electron chi connectivity index (χ4n) is 3.40. The second-order valence-electron chi connectivity index (χ2n) is 6.14. The summed E-state index contributed by atoms with van der Waals surface area (Å²) in [4.78, 5) is 0. The summed E-state index contributed by atoms with van der Waals surface area (Å²) in [6.45, 7) is 4.23. The van der Waals surface area contributed by atoms with E-state index in [-0.39, 0.29) is 0 Å². The first-order chi connectivity index (χ1) is 9.78. The Labute approximate surface area is 121 Å². The van der Waals surface area contributed by atoms with Crippen LogP contribution in [0.15, 0.2) is 24.3 Å². The summed E-state index contributed by atoms with van der Waals surface area (Å²) in [5, 5.41) is 3.71. The molecule has 3 heteroatoms. The van der Waals surface area contributed by atoms with E-state index in [1.807, 2.05) is 6.07 Å². The maximum atomic E-state index is 5.61. The quantitative estimate of drug-likeness (QED) is 0.896. The highest BCUT2D eigenvalue weighted by Crippen LogP contribution is 2.41. The zero-order valence-corrected chi connectivity index (χ0v) is 12.5. The summed E-state index contributed by atoms with van der Waals surface area (Å²) in [5.41, 5.74) is 1.37. The lowest BCUT2D eigenvalue weighted by atomic mass is 9.75. The van der Waals surface area contributed by atoms with Crippen molar-refractivity contribution in [2.75, 3.05) is 20.3 Å². The van der Waals surface area contributed by atoms with Crippen LogP contribution in [0.3, 0.4) is 0 Å². The first-order valence-corrected chi connectivity index (χ1v) is 7.76. The van der Waals surface area contributed by atoms with Gasteiger partial charge in [-0.1, -0.05) is 18.2 Å². The van der Waals surface area contributed by atoms with Crippen molar-refractivity contribution in [2.45, 2.75) is 44.2 Å². The van der Waals surface area contributed by atoms with Crippen molar-refractivity contribution in [1.29, 1.82) is 0 Å². The number of ether oxygens (including phenoxy) is 2. The normalized spacial score (nSPS) is 32.9. The van der Waals surface area contributed by atoms with Crippen molar-refractivity contribution in [3.05, 3.63) is 29.8 Å². The monoisotopic (exact) mass is 275 g/mol. The molecule has 0 radical (unpaired) electrons. The lowest BCUT2D eigenvalue weighted by Crippen LogP contribution is -2.43. The van der Waals surface area contributed by atoms with E-state index in [1.54, 1.807) is 7.11 Å². The van der Waals surface area contributed by atoms with Gasteiger partial charge in [-0.25, -0.2) is 0 Å². The van der Waals surface area contributed by atoms with Crippen LogP contribution in [0.25, 0.3) is 0 Å². The van der Waals surface area contributed by atoms with E-state index in [1.165, 1.54) is 24.8 Å². The van der Waals surface area contributed by atoms with Crippen LogP contribution in [0, 0.1) is 5.92 Å². The number of nitrogens with one attached hydrogen (secondary N) is 1. The maximum absolute atomic E-state index is 5.61. The molecule has 1 aliphatic carbocycles. The smallest absolute Gasteiger partial charge is 0.122 e. The number of hydrogen-bond acceptors (Lipinski definition) is 3. The van der Waals surface area contributed by atoms with Crippen LogP contribution in [0.5, 0.6) is 5.75 Å². The van der Waals surface area contributed by atoms with E-state index in [2.05, 4.69) is 30.4 Å². The molecule has 1 aliphatic heterocycles. The van der Waals surface area contributed by atoms with E-state index in [4.69, 9.17) is 9.47 Å². The molecule has 3 nitrogen and oxygen atoms in total. The molecule has 1 saturated heterocycles. The van der Waals surface area contributed by atoms with Gasteiger partial charge in [0.2, 0.25) is 0 Å². The summed E-state index contributed by atoms with van der Waals surface area (Å²) in [5.74, 6) is 2.38. The SMILES string of the molecule is COc1ccccc1C1CC(NCC2CCOC2C)C1. The van der Waals surface area contributed by atoms with Crippen LogP contribution in [-0.4, -0.2) is 32.4 Å². The number of hydrogen-bond donors (Lipinski definition) is 1. The van der Waals surface area contributed by atoms with Crippen molar-refractivity contribution >= 4 is 0 Å². The van der Waals surface area contributed by atoms with Crippen LogP contribution < -0.4 is 10.1 Å². The Morgan fingerprint density at radius 1 is 1.30 bits per heavy atom. The molecule has 1 aromatic rings. The molecule has 2 aliphatic rings.